The number of anilines is 1. The van der Waals surface area contributed by atoms with Gasteiger partial charge in [0.15, 0.2) is 0 Å². The molecule has 0 aliphatic heterocycles. The SMILES string of the molecule is CNc1ccc(S(=O)(=O)N[Si](C)(C)C(C)(C)C)cc1. The number of hydrogen-bond acceptors (Lipinski definition) is 3. The third-order valence-corrected chi connectivity index (χ3v) is 11.5. The zero-order valence-corrected chi connectivity index (χ0v) is 14.4. The van der Waals surface area contributed by atoms with Crippen molar-refractivity contribution < 1.29 is 8.42 Å². The molecule has 0 atom stereocenters. The van der Waals surface area contributed by atoms with Gasteiger partial charge >= 0.3 is 0 Å². The molecule has 1 aromatic carbocycles. The summed E-state index contributed by atoms with van der Waals surface area (Å²) in [4.78, 5) is 0.316. The first kappa shape index (κ1) is 16.2. The summed E-state index contributed by atoms with van der Waals surface area (Å²) >= 11 is 0. The summed E-state index contributed by atoms with van der Waals surface area (Å²) in [7, 11) is -3.74. The predicted octanol–water partition coefficient (Wildman–Crippen LogP) is 3.01. The highest BCUT2D eigenvalue weighted by molar-refractivity contribution is 7.91. The van der Waals surface area contributed by atoms with Crippen LogP contribution in [0.1, 0.15) is 20.8 Å². The first-order valence-corrected chi connectivity index (χ1v) is 10.8. The summed E-state index contributed by atoms with van der Waals surface area (Å²) < 4.78 is 27.7. The average molecular weight is 301 g/mol. The van der Waals surface area contributed by atoms with E-state index in [4.69, 9.17) is 0 Å². The molecule has 0 bridgehead atoms. The van der Waals surface area contributed by atoms with Crippen LogP contribution in [0, 0.1) is 0 Å². The van der Waals surface area contributed by atoms with Gasteiger partial charge in [-0.25, -0.2) is 12.8 Å². The number of sulfonamides is 1. The summed E-state index contributed by atoms with van der Waals surface area (Å²) in [5.41, 5.74) is 0.895. The molecule has 0 radical (unpaired) electrons. The Morgan fingerprint density at radius 3 is 1.89 bits per heavy atom. The molecular weight excluding hydrogens is 276 g/mol. The molecule has 0 amide bonds. The molecule has 0 aliphatic rings. The molecule has 2 N–H and O–H groups in total. The first-order chi connectivity index (χ1) is 8.49. The van der Waals surface area contributed by atoms with Crippen LogP contribution in [0.2, 0.25) is 18.1 Å². The van der Waals surface area contributed by atoms with Gasteiger partial charge in [0.2, 0.25) is 10.0 Å². The highest BCUT2D eigenvalue weighted by Crippen LogP contribution is 2.34. The highest BCUT2D eigenvalue weighted by atomic mass is 32.2. The van der Waals surface area contributed by atoms with Gasteiger partial charge in [0.1, 0.15) is 8.24 Å². The lowest BCUT2D eigenvalue weighted by Gasteiger charge is -2.36. The van der Waals surface area contributed by atoms with Crippen LogP contribution in [0.15, 0.2) is 29.2 Å². The molecule has 0 aliphatic carbocycles. The highest BCUT2D eigenvalue weighted by Gasteiger charge is 2.39. The second kappa shape index (κ2) is 5.26. The van der Waals surface area contributed by atoms with Gasteiger partial charge in [-0.1, -0.05) is 33.9 Å². The van der Waals surface area contributed by atoms with Crippen molar-refractivity contribution >= 4 is 23.9 Å². The van der Waals surface area contributed by atoms with Crippen molar-refractivity contribution in [3.05, 3.63) is 24.3 Å². The molecule has 0 unspecified atom stereocenters. The first-order valence-electron chi connectivity index (χ1n) is 6.31. The van der Waals surface area contributed by atoms with E-state index in [2.05, 4.69) is 30.5 Å². The van der Waals surface area contributed by atoms with Crippen molar-refractivity contribution in [3.8, 4) is 0 Å². The number of rotatable bonds is 4. The van der Waals surface area contributed by atoms with E-state index in [9.17, 15) is 8.42 Å². The minimum absolute atomic E-state index is 0.0367. The molecule has 0 saturated carbocycles. The van der Waals surface area contributed by atoms with Gasteiger partial charge in [0.05, 0.1) is 4.90 Å². The van der Waals surface area contributed by atoms with Crippen LogP contribution in [0.25, 0.3) is 0 Å². The van der Waals surface area contributed by atoms with Crippen molar-refractivity contribution in [1.29, 1.82) is 0 Å². The lowest BCUT2D eigenvalue weighted by atomic mass is 10.2. The van der Waals surface area contributed by atoms with Crippen molar-refractivity contribution in [1.82, 2.24) is 4.39 Å². The second-order valence-corrected chi connectivity index (χ2v) is 13.3. The Morgan fingerprint density at radius 1 is 1.05 bits per heavy atom. The number of hydrogen-bond donors (Lipinski definition) is 2. The van der Waals surface area contributed by atoms with Crippen LogP contribution < -0.4 is 9.70 Å². The zero-order chi connectivity index (χ0) is 14.9. The summed E-state index contributed by atoms with van der Waals surface area (Å²) in [6, 6.07) is 6.78. The summed E-state index contributed by atoms with van der Waals surface area (Å²) in [6.45, 7) is 10.3. The smallest absolute Gasteiger partial charge is 0.234 e. The Balaban J connectivity index is 3.05. The maximum absolute atomic E-state index is 12.4. The normalized spacial score (nSPS) is 13.4. The molecule has 0 heterocycles. The monoisotopic (exact) mass is 300 g/mol. The van der Waals surface area contributed by atoms with Crippen LogP contribution in [-0.2, 0) is 10.0 Å². The maximum atomic E-state index is 12.4. The van der Waals surface area contributed by atoms with Crippen molar-refractivity contribution in [2.45, 2.75) is 43.8 Å². The van der Waals surface area contributed by atoms with E-state index < -0.39 is 18.3 Å². The molecule has 6 heteroatoms. The van der Waals surface area contributed by atoms with Gasteiger partial charge in [-0.3, -0.25) is 0 Å². The molecule has 0 fully saturated rings. The Bertz CT molecular complexity index is 531. The molecular formula is C13H24N2O2SSi. The van der Waals surface area contributed by atoms with E-state index in [-0.39, 0.29) is 5.04 Å². The van der Waals surface area contributed by atoms with Gasteiger partial charge in [-0.05, 0) is 29.3 Å². The molecule has 0 aromatic heterocycles. The fourth-order valence-electron chi connectivity index (χ4n) is 1.35. The zero-order valence-electron chi connectivity index (χ0n) is 12.5. The minimum Gasteiger partial charge on any atom is -0.388 e. The molecule has 4 nitrogen and oxygen atoms in total. The summed E-state index contributed by atoms with van der Waals surface area (Å²) in [6.07, 6.45) is 0. The van der Waals surface area contributed by atoms with E-state index >= 15 is 0 Å². The van der Waals surface area contributed by atoms with E-state index in [0.717, 1.165) is 5.69 Å². The van der Waals surface area contributed by atoms with Gasteiger partial charge in [0, 0.05) is 12.7 Å². The quantitative estimate of drug-likeness (QED) is 0.840. The van der Waals surface area contributed by atoms with Crippen LogP contribution in [0.4, 0.5) is 5.69 Å². The topological polar surface area (TPSA) is 58.2 Å². The Labute approximate surface area is 117 Å². The lowest BCUT2D eigenvalue weighted by Crippen LogP contribution is -2.54. The van der Waals surface area contributed by atoms with Crippen LogP contribution in [0.5, 0.6) is 0 Å². The van der Waals surface area contributed by atoms with Gasteiger partial charge < -0.3 is 5.32 Å². The van der Waals surface area contributed by atoms with Crippen LogP contribution in [0.3, 0.4) is 0 Å². The van der Waals surface area contributed by atoms with Gasteiger partial charge in [-0.2, -0.15) is 0 Å². The third-order valence-electron chi connectivity index (χ3n) is 3.72. The largest absolute Gasteiger partial charge is 0.388 e. The molecule has 0 spiro atoms. The van der Waals surface area contributed by atoms with E-state index in [0.29, 0.717) is 4.90 Å². The van der Waals surface area contributed by atoms with E-state index in [1.54, 1.807) is 31.3 Å². The fourth-order valence-corrected chi connectivity index (χ4v) is 6.23. The molecule has 0 saturated heterocycles. The van der Waals surface area contributed by atoms with E-state index in [1.807, 2.05) is 13.1 Å². The number of nitrogens with one attached hydrogen (secondary N) is 2. The van der Waals surface area contributed by atoms with Crippen LogP contribution >= 0.6 is 0 Å². The Kier molecular flexibility index (Phi) is 4.49. The average Bonchev–Trinajstić information content (AvgIpc) is 2.26. The van der Waals surface area contributed by atoms with E-state index in [1.165, 1.54) is 0 Å². The number of benzene rings is 1. The Hall–Kier alpha value is -0.853. The lowest BCUT2D eigenvalue weighted by molar-refractivity contribution is 0.589. The van der Waals surface area contributed by atoms with Crippen molar-refractivity contribution in [2.24, 2.45) is 0 Å². The molecule has 19 heavy (non-hydrogen) atoms. The minimum atomic E-state index is -3.44. The fraction of sp³-hybridized carbons (Fsp3) is 0.538. The summed E-state index contributed by atoms with van der Waals surface area (Å²) in [5, 5.41) is 2.93. The summed E-state index contributed by atoms with van der Waals surface area (Å²) in [5.74, 6) is 0. The molecule has 1 aromatic rings. The maximum Gasteiger partial charge on any atom is 0.234 e. The van der Waals surface area contributed by atoms with Crippen LogP contribution in [-0.4, -0.2) is 23.7 Å². The van der Waals surface area contributed by atoms with Crippen molar-refractivity contribution in [2.75, 3.05) is 12.4 Å². The van der Waals surface area contributed by atoms with Crippen molar-refractivity contribution in [3.63, 3.8) is 0 Å². The predicted molar refractivity (Wildman–Crippen MR) is 83.5 cm³/mol. The third kappa shape index (κ3) is 3.81. The molecule has 1 rings (SSSR count). The van der Waals surface area contributed by atoms with Gasteiger partial charge in [0.25, 0.3) is 0 Å². The Morgan fingerprint density at radius 2 is 1.53 bits per heavy atom. The standard InChI is InChI=1S/C13H24N2O2SSi/c1-13(2,3)19(5,6)15-18(16,17)12-9-7-11(14-4)8-10-12/h7-10,14-15H,1-6H3. The van der Waals surface area contributed by atoms with Gasteiger partial charge in [-0.15, -0.1) is 0 Å². The molecule has 108 valence electrons. The second-order valence-electron chi connectivity index (χ2n) is 6.25.